The topological polar surface area (TPSA) is 59.8 Å². The van der Waals surface area contributed by atoms with Crippen LogP contribution in [0.2, 0.25) is 0 Å². The molecule has 0 fully saturated rings. The van der Waals surface area contributed by atoms with E-state index in [1.807, 2.05) is 55.5 Å². The van der Waals surface area contributed by atoms with Gasteiger partial charge in [0.15, 0.2) is 5.16 Å². The molecule has 0 spiro atoms. The number of hydrogen-bond donors (Lipinski definition) is 1. The van der Waals surface area contributed by atoms with Crippen molar-refractivity contribution in [2.75, 3.05) is 5.32 Å². The van der Waals surface area contributed by atoms with Gasteiger partial charge in [-0.3, -0.25) is 9.36 Å². The fraction of sp³-hybridized carbons (Fsp3) is 0.250. The first-order valence-electron chi connectivity index (χ1n) is 11.7. The molecule has 0 saturated heterocycles. The van der Waals surface area contributed by atoms with Crippen LogP contribution < -0.4 is 5.32 Å². The summed E-state index contributed by atoms with van der Waals surface area (Å²) in [5, 5.41) is 12.5. The van der Waals surface area contributed by atoms with E-state index in [1.54, 1.807) is 11.8 Å². The van der Waals surface area contributed by atoms with Crippen LogP contribution in [0.5, 0.6) is 0 Å². The van der Waals surface area contributed by atoms with Crippen molar-refractivity contribution in [1.29, 1.82) is 0 Å². The third-order valence-electron chi connectivity index (χ3n) is 5.79. The monoisotopic (exact) mass is 502 g/mol. The lowest BCUT2D eigenvalue weighted by atomic mass is 10.1. The molecular formula is C28H30N4OS2. The number of amides is 1. The molecule has 0 aliphatic heterocycles. The number of aromatic nitrogens is 3. The Bertz CT molecular complexity index is 1290. The number of thioether (sulfide) groups is 2. The van der Waals surface area contributed by atoms with Crippen molar-refractivity contribution >= 4 is 35.1 Å². The number of nitrogens with zero attached hydrogens (tertiary/aromatic N) is 3. The van der Waals surface area contributed by atoms with Crippen LogP contribution in [0.3, 0.4) is 0 Å². The highest BCUT2D eigenvalue weighted by molar-refractivity contribution is 8.00. The fourth-order valence-electron chi connectivity index (χ4n) is 3.58. The van der Waals surface area contributed by atoms with Crippen molar-refractivity contribution in [3.8, 4) is 5.69 Å². The van der Waals surface area contributed by atoms with Gasteiger partial charge in [-0.1, -0.05) is 60.6 Å². The molecule has 5 nitrogen and oxygen atoms in total. The summed E-state index contributed by atoms with van der Waals surface area (Å²) in [7, 11) is 0. The molecule has 0 bridgehead atoms. The maximum absolute atomic E-state index is 13.1. The van der Waals surface area contributed by atoms with Crippen molar-refractivity contribution in [2.45, 2.75) is 55.2 Å². The minimum absolute atomic E-state index is 0.0288. The predicted molar refractivity (Wildman–Crippen MR) is 147 cm³/mol. The van der Waals surface area contributed by atoms with E-state index in [-0.39, 0.29) is 11.2 Å². The van der Waals surface area contributed by atoms with Gasteiger partial charge in [0, 0.05) is 16.3 Å². The molecule has 35 heavy (non-hydrogen) atoms. The predicted octanol–water partition coefficient (Wildman–Crippen LogP) is 6.99. The van der Waals surface area contributed by atoms with Crippen molar-refractivity contribution in [3.05, 3.63) is 95.3 Å². The number of aryl methyl sites for hydroxylation is 3. The van der Waals surface area contributed by atoms with E-state index in [2.05, 4.69) is 65.1 Å². The largest absolute Gasteiger partial charge is 0.325 e. The molecule has 1 unspecified atom stereocenters. The molecule has 0 radical (unpaired) electrons. The van der Waals surface area contributed by atoms with Crippen molar-refractivity contribution in [2.24, 2.45) is 0 Å². The van der Waals surface area contributed by atoms with Gasteiger partial charge >= 0.3 is 0 Å². The number of carbonyl (C=O) groups excluding carboxylic acids is 1. The molecule has 1 amide bonds. The van der Waals surface area contributed by atoms with Crippen molar-refractivity contribution in [1.82, 2.24) is 14.8 Å². The van der Waals surface area contributed by atoms with Crippen LogP contribution in [0.15, 0.2) is 82.8 Å². The molecule has 180 valence electrons. The molecule has 7 heteroatoms. The summed E-state index contributed by atoms with van der Waals surface area (Å²) in [5.74, 6) is 1.50. The highest BCUT2D eigenvalue weighted by Crippen LogP contribution is 2.31. The SMILES string of the molecule is CCC(Sc1nnc(CSc2ccc(C)cc2)n1-c1ccccc1)C(=O)Nc1ccc(C)c(C)c1. The fourth-order valence-corrected chi connectivity index (χ4v) is 5.38. The summed E-state index contributed by atoms with van der Waals surface area (Å²) in [4.78, 5) is 14.3. The molecule has 1 atom stereocenters. The molecule has 4 aromatic rings. The normalized spacial score (nSPS) is 11.9. The zero-order valence-electron chi connectivity index (χ0n) is 20.5. The van der Waals surface area contributed by atoms with Crippen LogP contribution in [0.25, 0.3) is 5.69 Å². The minimum Gasteiger partial charge on any atom is -0.325 e. The van der Waals surface area contributed by atoms with Gasteiger partial charge in [0.05, 0.1) is 11.0 Å². The second kappa shape index (κ2) is 11.6. The Balaban J connectivity index is 1.56. The van der Waals surface area contributed by atoms with Crippen LogP contribution in [0, 0.1) is 20.8 Å². The first-order chi connectivity index (χ1) is 16.9. The summed E-state index contributed by atoms with van der Waals surface area (Å²) in [5.41, 5.74) is 5.41. The Labute approximate surface area is 215 Å². The Kier molecular flexibility index (Phi) is 8.31. The van der Waals surface area contributed by atoms with Gasteiger partial charge in [-0.25, -0.2) is 0 Å². The second-order valence-corrected chi connectivity index (χ2v) is 10.7. The van der Waals surface area contributed by atoms with E-state index >= 15 is 0 Å². The number of hydrogen-bond acceptors (Lipinski definition) is 5. The number of nitrogens with one attached hydrogen (secondary N) is 1. The third-order valence-corrected chi connectivity index (χ3v) is 8.10. The minimum atomic E-state index is -0.291. The third kappa shape index (κ3) is 6.35. The number of carbonyl (C=O) groups is 1. The lowest BCUT2D eigenvalue weighted by Crippen LogP contribution is -2.25. The number of benzene rings is 3. The van der Waals surface area contributed by atoms with Gasteiger partial charge in [0.2, 0.25) is 5.91 Å². The Morgan fingerprint density at radius 3 is 2.37 bits per heavy atom. The lowest BCUT2D eigenvalue weighted by molar-refractivity contribution is -0.115. The number of para-hydroxylation sites is 1. The molecule has 0 aliphatic carbocycles. The molecule has 3 aromatic carbocycles. The van der Waals surface area contributed by atoms with E-state index in [4.69, 9.17) is 0 Å². The summed E-state index contributed by atoms with van der Waals surface area (Å²) in [6, 6.07) is 24.6. The quantitative estimate of drug-likeness (QED) is 0.250. The van der Waals surface area contributed by atoms with E-state index < -0.39 is 0 Å². The van der Waals surface area contributed by atoms with Gasteiger partial charge in [0.1, 0.15) is 5.82 Å². The first kappa shape index (κ1) is 25.1. The summed E-state index contributed by atoms with van der Waals surface area (Å²) < 4.78 is 2.07. The number of anilines is 1. The van der Waals surface area contributed by atoms with Gasteiger partial charge in [-0.15, -0.1) is 22.0 Å². The van der Waals surface area contributed by atoms with E-state index in [0.717, 1.165) is 27.9 Å². The second-order valence-electron chi connectivity index (χ2n) is 8.47. The smallest absolute Gasteiger partial charge is 0.237 e. The maximum atomic E-state index is 13.1. The molecular weight excluding hydrogens is 472 g/mol. The average Bonchev–Trinajstić information content (AvgIpc) is 3.27. The maximum Gasteiger partial charge on any atom is 0.237 e. The molecule has 1 heterocycles. The van der Waals surface area contributed by atoms with E-state index in [0.29, 0.717) is 12.2 Å². The van der Waals surface area contributed by atoms with Crippen LogP contribution in [0.1, 0.15) is 35.9 Å². The summed E-state index contributed by atoms with van der Waals surface area (Å²) >= 11 is 3.19. The van der Waals surface area contributed by atoms with Crippen LogP contribution in [0.4, 0.5) is 5.69 Å². The standard InChI is InChI=1S/C28H30N4OS2/c1-5-25(27(33)29-22-14-13-20(3)21(4)17-22)35-28-31-30-26(32(28)23-9-7-6-8-10-23)18-34-24-15-11-19(2)12-16-24/h6-17,25H,5,18H2,1-4H3,(H,29,33). The Morgan fingerprint density at radius 2 is 1.69 bits per heavy atom. The zero-order valence-corrected chi connectivity index (χ0v) is 22.1. The highest BCUT2D eigenvalue weighted by Gasteiger charge is 2.23. The first-order valence-corrected chi connectivity index (χ1v) is 13.5. The van der Waals surface area contributed by atoms with E-state index in [9.17, 15) is 4.79 Å². The molecule has 1 aromatic heterocycles. The van der Waals surface area contributed by atoms with Crippen molar-refractivity contribution in [3.63, 3.8) is 0 Å². The van der Waals surface area contributed by atoms with Crippen LogP contribution in [-0.4, -0.2) is 25.9 Å². The Hall–Kier alpha value is -3.03. The molecule has 4 rings (SSSR count). The van der Waals surface area contributed by atoms with E-state index in [1.165, 1.54) is 27.8 Å². The van der Waals surface area contributed by atoms with Gasteiger partial charge in [-0.2, -0.15) is 0 Å². The number of rotatable bonds is 9. The van der Waals surface area contributed by atoms with Crippen molar-refractivity contribution < 1.29 is 4.79 Å². The van der Waals surface area contributed by atoms with Gasteiger partial charge < -0.3 is 5.32 Å². The molecule has 0 saturated carbocycles. The van der Waals surface area contributed by atoms with Gasteiger partial charge in [-0.05, 0) is 74.7 Å². The average molecular weight is 503 g/mol. The van der Waals surface area contributed by atoms with Crippen LogP contribution >= 0.6 is 23.5 Å². The van der Waals surface area contributed by atoms with Crippen LogP contribution in [-0.2, 0) is 10.5 Å². The molecule has 1 N–H and O–H groups in total. The lowest BCUT2D eigenvalue weighted by Gasteiger charge is -2.16. The summed E-state index contributed by atoms with van der Waals surface area (Å²) in [6.07, 6.45) is 0.677. The Morgan fingerprint density at radius 1 is 0.943 bits per heavy atom. The zero-order chi connectivity index (χ0) is 24.8. The summed E-state index contributed by atoms with van der Waals surface area (Å²) in [6.45, 7) is 8.23. The molecule has 0 aliphatic rings. The highest BCUT2D eigenvalue weighted by atomic mass is 32.2. The van der Waals surface area contributed by atoms with Gasteiger partial charge in [0.25, 0.3) is 0 Å².